The smallest absolute Gasteiger partial charge is 0.168 e. The summed E-state index contributed by atoms with van der Waals surface area (Å²) in [6.07, 6.45) is 1.43. The van der Waals surface area contributed by atoms with Gasteiger partial charge in [-0.05, 0) is 6.42 Å². The van der Waals surface area contributed by atoms with E-state index in [1.807, 2.05) is 0 Å². The lowest BCUT2D eigenvalue weighted by atomic mass is 10.4. The Balaban J connectivity index is 2.56. The van der Waals surface area contributed by atoms with E-state index in [9.17, 15) is 8.78 Å². The van der Waals surface area contributed by atoms with Crippen molar-refractivity contribution in [3.63, 3.8) is 0 Å². The zero-order chi connectivity index (χ0) is 9.68. The monoisotopic (exact) mass is 188 g/mol. The molecule has 0 amide bonds. The molecule has 0 bridgehead atoms. The molecule has 2 N–H and O–H groups in total. The molecule has 1 aromatic heterocycles. The number of hydrogen-bond acceptors (Lipinski definition) is 3. The van der Waals surface area contributed by atoms with Crippen molar-refractivity contribution in [1.29, 1.82) is 0 Å². The quantitative estimate of drug-likeness (QED) is 0.697. The average molecular weight is 188 g/mol. The zero-order valence-electron chi connectivity index (χ0n) is 6.93. The minimum absolute atomic E-state index is 0.00912. The van der Waals surface area contributed by atoms with Crippen LogP contribution in [0.15, 0.2) is 12.3 Å². The first kappa shape index (κ1) is 9.85. The number of aliphatic hydroxyl groups is 1. The van der Waals surface area contributed by atoms with Crippen molar-refractivity contribution in [2.75, 3.05) is 18.5 Å². The molecule has 1 heterocycles. The average Bonchev–Trinajstić information content (AvgIpc) is 2.09. The van der Waals surface area contributed by atoms with Crippen molar-refractivity contribution < 1.29 is 13.9 Å². The Bertz CT molecular complexity index is 281. The van der Waals surface area contributed by atoms with E-state index in [0.717, 1.165) is 12.3 Å². The molecule has 0 saturated carbocycles. The largest absolute Gasteiger partial charge is 0.396 e. The van der Waals surface area contributed by atoms with E-state index in [-0.39, 0.29) is 12.4 Å². The van der Waals surface area contributed by atoms with Crippen LogP contribution in [-0.2, 0) is 0 Å². The molecule has 0 radical (unpaired) electrons. The zero-order valence-corrected chi connectivity index (χ0v) is 6.93. The van der Waals surface area contributed by atoms with Gasteiger partial charge in [-0.3, -0.25) is 0 Å². The van der Waals surface area contributed by atoms with Gasteiger partial charge in [0.1, 0.15) is 5.82 Å². The molecule has 0 aromatic carbocycles. The molecule has 0 saturated heterocycles. The first-order valence-electron chi connectivity index (χ1n) is 3.90. The van der Waals surface area contributed by atoms with Gasteiger partial charge in [0.25, 0.3) is 0 Å². The Morgan fingerprint density at radius 3 is 2.85 bits per heavy atom. The van der Waals surface area contributed by atoms with Crippen molar-refractivity contribution in [2.45, 2.75) is 6.42 Å². The number of anilines is 1. The molecule has 1 aromatic rings. The summed E-state index contributed by atoms with van der Waals surface area (Å²) in [5, 5.41) is 11.1. The van der Waals surface area contributed by atoms with Crippen LogP contribution < -0.4 is 5.32 Å². The summed E-state index contributed by atoms with van der Waals surface area (Å²) in [6.45, 7) is 0.432. The van der Waals surface area contributed by atoms with Gasteiger partial charge in [0, 0.05) is 19.2 Å². The molecule has 5 heteroatoms. The molecule has 0 spiro atoms. The summed E-state index contributed by atoms with van der Waals surface area (Å²) < 4.78 is 25.2. The highest BCUT2D eigenvalue weighted by Crippen LogP contribution is 2.10. The summed E-state index contributed by atoms with van der Waals surface area (Å²) in [5.41, 5.74) is 0. The summed E-state index contributed by atoms with van der Waals surface area (Å²) in [7, 11) is 0. The van der Waals surface area contributed by atoms with Crippen LogP contribution in [-0.4, -0.2) is 23.2 Å². The van der Waals surface area contributed by atoms with Gasteiger partial charge in [0.2, 0.25) is 0 Å². The van der Waals surface area contributed by atoms with Crippen molar-refractivity contribution in [3.8, 4) is 0 Å². The molecular weight excluding hydrogens is 178 g/mol. The third-order valence-electron chi connectivity index (χ3n) is 1.44. The number of halogens is 2. The van der Waals surface area contributed by atoms with Crippen LogP contribution in [0.3, 0.4) is 0 Å². The van der Waals surface area contributed by atoms with Gasteiger partial charge in [0.05, 0.1) is 6.20 Å². The molecule has 72 valence electrons. The highest BCUT2D eigenvalue weighted by atomic mass is 19.1. The van der Waals surface area contributed by atoms with E-state index >= 15 is 0 Å². The standard InChI is InChI=1S/C8H10F2N2O/c9-6-4-7(10)8(12-5-6)11-2-1-3-13/h4-5,13H,1-3H2,(H,11,12). The Morgan fingerprint density at radius 1 is 1.46 bits per heavy atom. The number of rotatable bonds is 4. The molecule has 13 heavy (non-hydrogen) atoms. The predicted molar refractivity (Wildman–Crippen MR) is 44.3 cm³/mol. The van der Waals surface area contributed by atoms with E-state index in [1.165, 1.54) is 0 Å². The summed E-state index contributed by atoms with van der Waals surface area (Å²) in [4.78, 5) is 3.51. The Labute approximate surface area is 74.4 Å². The van der Waals surface area contributed by atoms with Gasteiger partial charge >= 0.3 is 0 Å². The van der Waals surface area contributed by atoms with Crippen LogP contribution in [0.1, 0.15) is 6.42 Å². The van der Waals surface area contributed by atoms with Crippen LogP contribution in [0.4, 0.5) is 14.6 Å². The van der Waals surface area contributed by atoms with E-state index in [1.54, 1.807) is 0 Å². The van der Waals surface area contributed by atoms with E-state index in [4.69, 9.17) is 5.11 Å². The van der Waals surface area contributed by atoms with Crippen molar-refractivity contribution in [2.24, 2.45) is 0 Å². The summed E-state index contributed by atoms with van der Waals surface area (Å²) >= 11 is 0. The van der Waals surface area contributed by atoms with Gasteiger partial charge in [0.15, 0.2) is 11.6 Å². The maximum Gasteiger partial charge on any atom is 0.168 e. The van der Waals surface area contributed by atoms with Gasteiger partial charge in [-0.25, -0.2) is 13.8 Å². The molecule has 0 atom stereocenters. The van der Waals surface area contributed by atoms with Gasteiger partial charge in [-0.1, -0.05) is 0 Å². The van der Waals surface area contributed by atoms with Crippen LogP contribution in [0.5, 0.6) is 0 Å². The molecule has 0 fully saturated rings. The Hall–Kier alpha value is -1.23. The molecule has 1 rings (SSSR count). The molecule has 0 aliphatic rings. The minimum atomic E-state index is -0.724. The molecule has 0 aliphatic heterocycles. The maximum atomic E-state index is 12.9. The number of hydrogen-bond donors (Lipinski definition) is 2. The van der Waals surface area contributed by atoms with Crippen LogP contribution in [0, 0.1) is 11.6 Å². The first-order valence-corrected chi connectivity index (χ1v) is 3.90. The van der Waals surface area contributed by atoms with Crippen LogP contribution in [0.25, 0.3) is 0 Å². The maximum absolute atomic E-state index is 12.9. The van der Waals surface area contributed by atoms with Gasteiger partial charge in [-0.2, -0.15) is 0 Å². The fourth-order valence-corrected chi connectivity index (χ4v) is 0.830. The third-order valence-corrected chi connectivity index (χ3v) is 1.44. The van der Waals surface area contributed by atoms with Crippen LogP contribution >= 0.6 is 0 Å². The van der Waals surface area contributed by atoms with Gasteiger partial charge < -0.3 is 10.4 Å². The highest BCUT2D eigenvalue weighted by Gasteiger charge is 2.03. The summed E-state index contributed by atoms with van der Waals surface area (Å²) in [6, 6.07) is 0.758. The Kier molecular flexibility index (Phi) is 3.57. The molecular formula is C8H10F2N2O. The van der Waals surface area contributed by atoms with Crippen molar-refractivity contribution in [3.05, 3.63) is 23.9 Å². The highest BCUT2D eigenvalue weighted by molar-refractivity contribution is 5.35. The number of nitrogens with one attached hydrogen (secondary N) is 1. The Morgan fingerprint density at radius 2 is 2.23 bits per heavy atom. The fraction of sp³-hybridized carbons (Fsp3) is 0.375. The number of pyridine rings is 1. The van der Waals surface area contributed by atoms with Crippen molar-refractivity contribution >= 4 is 5.82 Å². The van der Waals surface area contributed by atoms with E-state index in [0.29, 0.717) is 13.0 Å². The second kappa shape index (κ2) is 4.71. The van der Waals surface area contributed by atoms with Crippen molar-refractivity contribution in [1.82, 2.24) is 4.98 Å². The van der Waals surface area contributed by atoms with Crippen LogP contribution in [0.2, 0.25) is 0 Å². The number of nitrogens with zero attached hydrogens (tertiary/aromatic N) is 1. The molecule has 0 aliphatic carbocycles. The third kappa shape index (κ3) is 2.95. The second-order valence-electron chi connectivity index (χ2n) is 2.49. The first-order chi connectivity index (χ1) is 6.24. The topological polar surface area (TPSA) is 45.1 Å². The van der Waals surface area contributed by atoms with E-state index in [2.05, 4.69) is 10.3 Å². The fourth-order valence-electron chi connectivity index (χ4n) is 0.830. The normalized spacial score (nSPS) is 10.1. The second-order valence-corrected chi connectivity index (χ2v) is 2.49. The van der Waals surface area contributed by atoms with E-state index < -0.39 is 11.6 Å². The molecule has 0 unspecified atom stereocenters. The molecule has 3 nitrogen and oxygen atoms in total. The summed E-state index contributed by atoms with van der Waals surface area (Å²) in [5.74, 6) is -1.42. The number of aliphatic hydroxyl groups excluding tert-OH is 1. The SMILES string of the molecule is OCCCNc1ncc(F)cc1F. The minimum Gasteiger partial charge on any atom is -0.396 e. The predicted octanol–water partition coefficient (Wildman–Crippen LogP) is 1.15. The van der Waals surface area contributed by atoms with Gasteiger partial charge in [-0.15, -0.1) is 0 Å². The lowest BCUT2D eigenvalue weighted by Crippen LogP contribution is -2.06. The lowest BCUT2D eigenvalue weighted by Gasteiger charge is -2.04. The lowest BCUT2D eigenvalue weighted by molar-refractivity contribution is 0.292. The number of aromatic nitrogens is 1.